The van der Waals surface area contributed by atoms with Crippen molar-refractivity contribution in [2.75, 3.05) is 4.90 Å². The second-order valence-electron chi connectivity index (χ2n) is 7.74. The number of fused-ring (bicyclic) bond motifs is 1. The first-order valence-electron chi connectivity index (χ1n) is 9.98. The van der Waals surface area contributed by atoms with Crippen LogP contribution in [0.5, 0.6) is 0 Å². The Morgan fingerprint density at radius 2 is 2.00 bits per heavy atom. The number of hydrogen-bond acceptors (Lipinski definition) is 6. The van der Waals surface area contributed by atoms with Crippen LogP contribution in [-0.4, -0.2) is 33.4 Å². The van der Waals surface area contributed by atoms with E-state index in [1.54, 1.807) is 12.1 Å². The minimum atomic E-state index is -0.727. The monoisotopic (exact) mass is 447 g/mol. The molecule has 9 heteroatoms. The van der Waals surface area contributed by atoms with E-state index in [-0.39, 0.29) is 28.9 Å². The second-order valence-corrected chi connectivity index (χ2v) is 9.40. The van der Waals surface area contributed by atoms with Gasteiger partial charge in [0.15, 0.2) is 11.5 Å². The van der Waals surface area contributed by atoms with E-state index in [0.717, 1.165) is 11.4 Å². The molecule has 4 atom stereocenters. The highest BCUT2D eigenvalue weighted by atomic mass is 35.5. The lowest BCUT2D eigenvalue weighted by Crippen LogP contribution is -2.41. The Hall–Kier alpha value is -2.32. The van der Waals surface area contributed by atoms with Crippen LogP contribution in [0, 0.1) is 11.7 Å². The molecule has 1 aromatic heterocycles. The maximum absolute atomic E-state index is 13.6. The van der Waals surface area contributed by atoms with Gasteiger partial charge >= 0.3 is 0 Å². The molecule has 1 saturated carbocycles. The highest BCUT2D eigenvalue weighted by Crippen LogP contribution is 2.49. The second kappa shape index (κ2) is 7.42. The van der Waals surface area contributed by atoms with Gasteiger partial charge in [0.1, 0.15) is 16.9 Å². The van der Waals surface area contributed by atoms with E-state index in [1.807, 2.05) is 6.92 Å². The minimum absolute atomic E-state index is 0.0804. The first-order valence-corrected chi connectivity index (χ1v) is 11.2. The number of alkyl halides is 1. The van der Waals surface area contributed by atoms with E-state index in [2.05, 4.69) is 10.2 Å². The van der Waals surface area contributed by atoms with Crippen LogP contribution in [0.2, 0.25) is 0 Å². The molecule has 5 rings (SSSR count). The van der Waals surface area contributed by atoms with Gasteiger partial charge in [-0.25, -0.2) is 4.39 Å². The Kier molecular flexibility index (Phi) is 4.86. The highest BCUT2D eigenvalue weighted by Gasteiger charge is 2.53. The molecule has 3 heterocycles. The number of ketones is 1. The topological polar surface area (TPSA) is 72.4 Å². The smallest absolute Gasteiger partial charge is 0.296 e. The standard InChI is InChI=1S/C21H19ClFN3O3S/c1-2-15-24-25-21(30-15)26-17(10-3-6-12(23)7-4-10)16-18(27)13-9-11(22)5-8-14(13)29-19(16)20(26)28/h3-4,6-7,11,13-14,17H,2,5,8-9H2,1H3. The van der Waals surface area contributed by atoms with E-state index in [9.17, 15) is 14.0 Å². The van der Waals surface area contributed by atoms with Crippen LogP contribution in [0.4, 0.5) is 9.52 Å². The van der Waals surface area contributed by atoms with Crippen LogP contribution in [0.1, 0.15) is 42.8 Å². The Morgan fingerprint density at radius 3 is 2.70 bits per heavy atom. The van der Waals surface area contributed by atoms with Crippen LogP contribution in [0.3, 0.4) is 0 Å². The number of amides is 1. The zero-order valence-electron chi connectivity index (χ0n) is 16.2. The molecule has 1 fully saturated rings. The number of carbonyl (C=O) groups is 2. The molecule has 6 nitrogen and oxygen atoms in total. The summed E-state index contributed by atoms with van der Waals surface area (Å²) < 4.78 is 19.7. The number of aromatic nitrogens is 2. The van der Waals surface area contributed by atoms with Crippen molar-refractivity contribution in [3.63, 3.8) is 0 Å². The number of Topliss-reactive ketones (excluding diaryl/α,β-unsaturated/α-hetero) is 1. The number of carbonyl (C=O) groups excluding carboxylic acids is 2. The molecule has 0 bridgehead atoms. The van der Waals surface area contributed by atoms with Crippen molar-refractivity contribution >= 4 is 39.8 Å². The van der Waals surface area contributed by atoms with Crippen molar-refractivity contribution < 1.29 is 18.7 Å². The van der Waals surface area contributed by atoms with Crippen molar-refractivity contribution in [3.8, 4) is 0 Å². The molecule has 0 radical (unpaired) electrons. The summed E-state index contributed by atoms with van der Waals surface area (Å²) in [7, 11) is 0. The van der Waals surface area contributed by atoms with Gasteiger partial charge in [0.2, 0.25) is 5.13 Å². The fourth-order valence-electron chi connectivity index (χ4n) is 4.46. The van der Waals surface area contributed by atoms with E-state index in [4.69, 9.17) is 16.3 Å². The summed E-state index contributed by atoms with van der Waals surface area (Å²) in [5.41, 5.74) is 0.934. The van der Waals surface area contributed by atoms with Crippen molar-refractivity contribution in [2.45, 2.75) is 50.1 Å². The summed E-state index contributed by atoms with van der Waals surface area (Å²) in [4.78, 5) is 28.4. The maximum Gasteiger partial charge on any atom is 0.296 e. The molecule has 156 valence electrons. The first kappa shape index (κ1) is 19.6. The van der Waals surface area contributed by atoms with E-state index in [0.29, 0.717) is 35.5 Å². The zero-order chi connectivity index (χ0) is 21.0. The number of rotatable bonds is 3. The molecule has 1 aliphatic carbocycles. The van der Waals surface area contributed by atoms with Crippen LogP contribution in [0.15, 0.2) is 35.6 Å². The fourth-order valence-corrected chi connectivity index (χ4v) is 5.58. The lowest BCUT2D eigenvalue weighted by Gasteiger charge is -2.37. The molecule has 2 aromatic rings. The molecule has 0 N–H and O–H groups in total. The average molecular weight is 448 g/mol. The van der Waals surface area contributed by atoms with Gasteiger partial charge in [-0.1, -0.05) is 30.4 Å². The summed E-state index contributed by atoms with van der Waals surface area (Å²) in [6.07, 6.45) is 2.24. The largest absolute Gasteiger partial charge is 0.483 e. The minimum Gasteiger partial charge on any atom is -0.483 e. The third kappa shape index (κ3) is 3.04. The number of aryl methyl sites for hydroxylation is 1. The zero-order valence-corrected chi connectivity index (χ0v) is 17.8. The molecule has 0 spiro atoms. The average Bonchev–Trinajstić information content (AvgIpc) is 3.32. The number of nitrogens with zero attached hydrogens (tertiary/aromatic N) is 3. The first-order chi connectivity index (χ1) is 14.5. The number of ether oxygens (including phenoxy) is 1. The van der Waals surface area contributed by atoms with E-state index < -0.39 is 17.8 Å². The fraction of sp³-hybridized carbons (Fsp3) is 0.429. The van der Waals surface area contributed by atoms with Crippen LogP contribution in [-0.2, 0) is 20.7 Å². The quantitative estimate of drug-likeness (QED) is 0.666. The number of hydrogen-bond donors (Lipinski definition) is 0. The summed E-state index contributed by atoms with van der Waals surface area (Å²) >= 11 is 7.63. The highest BCUT2D eigenvalue weighted by molar-refractivity contribution is 7.15. The summed E-state index contributed by atoms with van der Waals surface area (Å²) in [6.45, 7) is 1.96. The van der Waals surface area contributed by atoms with Gasteiger partial charge < -0.3 is 4.74 Å². The normalized spacial score (nSPS) is 28.4. The van der Waals surface area contributed by atoms with Gasteiger partial charge in [-0.05, 0) is 43.4 Å². The predicted octanol–water partition coefficient (Wildman–Crippen LogP) is 3.96. The van der Waals surface area contributed by atoms with Crippen molar-refractivity contribution in [3.05, 3.63) is 52.0 Å². The maximum atomic E-state index is 13.6. The van der Waals surface area contributed by atoms with Gasteiger partial charge in [-0.3, -0.25) is 14.5 Å². The third-order valence-corrected chi connectivity index (χ3v) is 7.40. The number of benzene rings is 1. The Balaban J connectivity index is 1.63. The van der Waals surface area contributed by atoms with Gasteiger partial charge in [-0.2, -0.15) is 0 Å². The molecule has 1 aromatic carbocycles. The number of halogens is 2. The molecule has 4 unspecified atom stereocenters. The van der Waals surface area contributed by atoms with Crippen molar-refractivity contribution in [1.29, 1.82) is 0 Å². The van der Waals surface area contributed by atoms with Gasteiger partial charge in [0.25, 0.3) is 5.91 Å². The Bertz CT molecular complexity index is 1050. The molecule has 1 amide bonds. The van der Waals surface area contributed by atoms with Crippen molar-refractivity contribution in [2.24, 2.45) is 5.92 Å². The predicted molar refractivity (Wildman–Crippen MR) is 110 cm³/mol. The summed E-state index contributed by atoms with van der Waals surface area (Å²) in [6, 6.07) is 5.08. The Morgan fingerprint density at radius 1 is 1.23 bits per heavy atom. The third-order valence-electron chi connectivity index (χ3n) is 5.93. The molecule has 0 saturated heterocycles. The van der Waals surface area contributed by atoms with Gasteiger partial charge in [0.05, 0.1) is 17.5 Å². The number of anilines is 1. The van der Waals surface area contributed by atoms with Gasteiger partial charge in [0, 0.05) is 5.38 Å². The van der Waals surface area contributed by atoms with Crippen LogP contribution in [0.25, 0.3) is 0 Å². The van der Waals surface area contributed by atoms with Gasteiger partial charge in [-0.15, -0.1) is 21.8 Å². The molecular formula is C21H19ClFN3O3S. The Labute approximate surface area is 181 Å². The lowest BCUT2D eigenvalue weighted by atomic mass is 9.77. The van der Waals surface area contributed by atoms with Crippen molar-refractivity contribution in [1.82, 2.24) is 10.2 Å². The molecular weight excluding hydrogens is 429 g/mol. The SMILES string of the molecule is CCc1nnc(N2C(=O)C3=C(C(=O)C4CC(Cl)CCC4O3)C2c2ccc(F)cc2)s1. The van der Waals surface area contributed by atoms with Crippen LogP contribution >= 0.6 is 22.9 Å². The van der Waals surface area contributed by atoms with E-state index in [1.165, 1.54) is 28.4 Å². The lowest BCUT2D eigenvalue weighted by molar-refractivity contribution is -0.131. The summed E-state index contributed by atoms with van der Waals surface area (Å²) in [5, 5.41) is 9.40. The molecule has 30 heavy (non-hydrogen) atoms. The summed E-state index contributed by atoms with van der Waals surface area (Å²) in [5.74, 6) is -1.21. The van der Waals surface area contributed by atoms with E-state index >= 15 is 0 Å². The van der Waals surface area contributed by atoms with Crippen LogP contribution < -0.4 is 4.90 Å². The molecule has 2 aliphatic heterocycles. The molecule has 3 aliphatic rings.